The Morgan fingerprint density at radius 1 is 0.716 bits per heavy atom. The van der Waals surface area contributed by atoms with E-state index in [-0.39, 0.29) is 43.6 Å². The highest BCUT2D eigenvalue weighted by atomic mass is 16.7. The van der Waals surface area contributed by atoms with Gasteiger partial charge in [-0.3, -0.25) is 0 Å². The number of hydrogen-bond donors (Lipinski definition) is 9. The molecule has 0 unspecified atom stereocenters. The molecule has 22 nitrogen and oxygen atoms in total. The fourth-order valence-electron chi connectivity index (χ4n) is 11.7. The zero-order valence-corrected chi connectivity index (χ0v) is 50.2. The number of ether oxygens (including phenoxy) is 12. The van der Waals surface area contributed by atoms with Crippen molar-refractivity contribution in [2.24, 2.45) is 11.8 Å². The second-order valence-corrected chi connectivity index (χ2v) is 23.4. The average Bonchev–Trinajstić information content (AvgIpc) is 3.57. The quantitative estimate of drug-likeness (QED) is 0.0840. The molecule has 0 amide bonds. The van der Waals surface area contributed by atoms with Crippen LogP contribution >= 0.6 is 0 Å². The largest absolute Gasteiger partial charge is 0.497 e. The van der Waals surface area contributed by atoms with Crippen LogP contribution in [0.15, 0.2) is 70.1 Å². The Balaban J connectivity index is 1.49. The van der Waals surface area contributed by atoms with Crippen molar-refractivity contribution in [1.82, 2.24) is 0 Å². The number of carbonyl (C=O) groups excluding carboxylic acids is 1. The van der Waals surface area contributed by atoms with Crippen LogP contribution in [0.4, 0.5) is 0 Å². The first-order valence-corrected chi connectivity index (χ1v) is 28.1. The lowest BCUT2D eigenvalue weighted by Crippen LogP contribution is -2.74. The molecule has 0 aromatic heterocycles. The zero-order valence-electron chi connectivity index (χ0n) is 50.2. The molecule has 9 N–H and O–H groups in total. The maximum Gasteiger partial charge on any atom is 0.334 e. The number of rotatable bonds is 15. The molecule has 81 heavy (non-hydrogen) atoms. The first kappa shape index (κ1) is 68.7. The molecule has 0 aromatic rings. The summed E-state index contributed by atoms with van der Waals surface area (Å²) in [4.78, 5) is 14.4. The van der Waals surface area contributed by atoms with Gasteiger partial charge < -0.3 is 103 Å². The molecule has 5 heterocycles. The SMILES string of the molecule is COCCC[C@H]1O[C@@](O)([C@@H](C)[C@@H]2C[C@@H](OC)[C@@H](O)\C=C(C)/C=C(C)\C=C(\C)[C@@H](O[C@@H]3O[C@@H](C)[C@H](O)[C@@H](O)[C@@H]3O)[C@H](C)\C=C(C)/C=C(OC)\C=C(\C)C(=O)O2)[C@H](OC)[C@@H](O)[C@]1(C)O[C@H]1C[C@H](O)[C@H](O[C@H]2C[C@@](C)(O)[C@H](O)[C@@H](C)O2)[C@@H](C)O1. The highest BCUT2D eigenvalue weighted by Gasteiger charge is 2.64. The number of carbonyl (C=O) groups is 1. The van der Waals surface area contributed by atoms with Gasteiger partial charge in [-0.15, -0.1) is 0 Å². The number of cyclic esters (lactones) is 1. The fraction of sp³-hybridized carbons (Fsp3) is 0.780. The molecular weight excluding hydrogens is 1060 g/mol. The third kappa shape index (κ3) is 16.7. The van der Waals surface area contributed by atoms with E-state index in [0.29, 0.717) is 17.6 Å². The summed E-state index contributed by atoms with van der Waals surface area (Å²) >= 11 is 0. The smallest absolute Gasteiger partial charge is 0.334 e. The van der Waals surface area contributed by atoms with Crippen LogP contribution in [-0.4, -0.2) is 220 Å². The number of hydrogen-bond acceptors (Lipinski definition) is 22. The van der Waals surface area contributed by atoms with E-state index in [0.717, 1.165) is 11.1 Å². The van der Waals surface area contributed by atoms with E-state index in [4.69, 9.17) is 56.8 Å². The standard InChI is InChI=1S/C59H96O22/c1-29-20-30(2)24-40(60)43(72-15)27-42(77-55(67)34(6)25-39(71-14)23-31(3)22-33(5)50(32(4)21-29)79-56-49(64)48(63)47(62)36(8)76-56)35(7)59(69)54(73-16)53(66)58(12,44(80-59)18-17-19-70-13)81-45-26-41(61)51(37(9)74-45)78-46-28-57(11,68)52(65)38(10)75-46/h20-25,33,35-38,40-54,56,60-66,68-69H,17-19,26-28H2,1-16H3/b29-20-,30-24-,31-22-,32-21-,34-25-,39-23+/t33-,35+,36+,37-,38-,40+,41+,42+,43-,44-,45+,46+,47+,48-,49+,50-,51-,52-,53-,54-,56+,57-,58-,59+/m1/s1. The molecule has 0 radical (unpaired) electrons. The van der Waals surface area contributed by atoms with Gasteiger partial charge in [0.15, 0.2) is 18.9 Å². The number of allylic oxidation sites excluding steroid dienone is 7. The molecular formula is C59H96O22. The molecule has 0 spiro atoms. The number of esters is 1. The number of aliphatic hydroxyl groups is 9. The van der Waals surface area contributed by atoms with Crippen LogP contribution in [0, 0.1) is 11.8 Å². The lowest BCUT2D eigenvalue weighted by molar-refractivity contribution is -0.416. The van der Waals surface area contributed by atoms with Gasteiger partial charge in [-0.05, 0) is 99.8 Å². The van der Waals surface area contributed by atoms with Gasteiger partial charge in [0, 0.05) is 58.7 Å². The summed E-state index contributed by atoms with van der Waals surface area (Å²) < 4.78 is 73.2. The molecule has 0 bridgehead atoms. The van der Waals surface area contributed by atoms with Crippen molar-refractivity contribution in [3.05, 3.63) is 70.1 Å². The third-order valence-electron chi connectivity index (χ3n) is 16.5. The Morgan fingerprint density at radius 2 is 1.37 bits per heavy atom. The van der Waals surface area contributed by atoms with E-state index in [1.165, 1.54) is 48.4 Å². The van der Waals surface area contributed by atoms with Crippen molar-refractivity contribution >= 4 is 5.97 Å². The minimum absolute atomic E-state index is 0.0661. The van der Waals surface area contributed by atoms with Crippen LogP contribution < -0.4 is 0 Å². The summed E-state index contributed by atoms with van der Waals surface area (Å²) in [6, 6.07) is 0. The number of aliphatic hydroxyl groups excluding tert-OH is 7. The van der Waals surface area contributed by atoms with Crippen LogP contribution in [0.2, 0.25) is 0 Å². The summed E-state index contributed by atoms with van der Waals surface area (Å²) in [6.07, 6.45) is -11.8. The molecule has 4 saturated heterocycles. The highest BCUT2D eigenvalue weighted by molar-refractivity contribution is 5.88. The van der Waals surface area contributed by atoms with Crippen LogP contribution in [0.1, 0.15) is 115 Å². The first-order chi connectivity index (χ1) is 37.8. The lowest BCUT2D eigenvalue weighted by Gasteiger charge is -2.57. The van der Waals surface area contributed by atoms with Gasteiger partial charge in [0.1, 0.15) is 60.2 Å². The summed E-state index contributed by atoms with van der Waals surface area (Å²) in [6.45, 7) is 20.5. The van der Waals surface area contributed by atoms with Crippen LogP contribution in [-0.2, 0) is 61.6 Å². The molecule has 0 aliphatic carbocycles. The van der Waals surface area contributed by atoms with Crippen molar-refractivity contribution < 1.29 is 108 Å². The molecule has 0 aromatic carbocycles. The van der Waals surface area contributed by atoms with Gasteiger partial charge in [-0.1, -0.05) is 54.9 Å². The molecule has 5 rings (SSSR count). The summed E-state index contributed by atoms with van der Waals surface area (Å²) in [5.41, 5.74) is -0.327. The Kier molecular flexibility index (Phi) is 24.9. The van der Waals surface area contributed by atoms with Crippen LogP contribution in [0.3, 0.4) is 0 Å². The van der Waals surface area contributed by atoms with Crippen LogP contribution in [0.25, 0.3) is 0 Å². The van der Waals surface area contributed by atoms with Crippen LogP contribution in [0.5, 0.6) is 0 Å². The fourth-order valence-corrected chi connectivity index (χ4v) is 11.7. The van der Waals surface area contributed by atoms with E-state index in [2.05, 4.69) is 0 Å². The van der Waals surface area contributed by atoms with Crippen molar-refractivity contribution in [2.45, 2.75) is 249 Å². The predicted octanol–water partition coefficient (Wildman–Crippen LogP) is 3.22. The summed E-state index contributed by atoms with van der Waals surface area (Å²) in [7, 11) is 5.64. The monoisotopic (exact) mass is 1160 g/mol. The molecule has 5 aliphatic heterocycles. The summed E-state index contributed by atoms with van der Waals surface area (Å²) in [5, 5.41) is 102. The van der Waals surface area contributed by atoms with Gasteiger partial charge >= 0.3 is 5.97 Å². The maximum atomic E-state index is 14.4. The molecule has 0 saturated carbocycles. The maximum absolute atomic E-state index is 14.4. The Hall–Kier alpha value is -3.05. The van der Waals surface area contributed by atoms with E-state index < -0.39 is 151 Å². The molecule has 464 valence electrons. The van der Waals surface area contributed by atoms with E-state index >= 15 is 0 Å². The lowest BCUT2D eigenvalue weighted by atomic mass is 9.75. The first-order valence-electron chi connectivity index (χ1n) is 28.1. The average molecular weight is 1160 g/mol. The zero-order chi connectivity index (χ0) is 60.6. The predicted molar refractivity (Wildman–Crippen MR) is 293 cm³/mol. The van der Waals surface area contributed by atoms with Crippen molar-refractivity contribution in [3.63, 3.8) is 0 Å². The molecule has 4 fully saturated rings. The van der Waals surface area contributed by atoms with Crippen molar-refractivity contribution in [1.29, 1.82) is 0 Å². The molecule has 22 heteroatoms. The normalized spacial score (nSPS) is 47.2. The van der Waals surface area contributed by atoms with Gasteiger partial charge in [-0.25, -0.2) is 4.79 Å². The van der Waals surface area contributed by atoms with Gasteiger partial charge in [0.05, 0.1) is 67.5 Å². The highest BCUT2D eigenvalue weighted by Crippen LogP contribution is 2.47. The molecule has 5 aliphatic rings. The Bertz CT molecular complexity index is 2230. The van der Waals surface area contributed by atoms with Gasteiger partial charge in [-0.2, -0.15) is 0 Å². The third-order valence-corrected chi connectivity index (χ3v) is 16.5. The van der Waals surface area contributed by atoms with Crippen molar-refractivity contribution in [3.8, 4) is 0 Å². The second-order valence-electron chi connectivity index (χ2n) is 23.4. The van der Waals surface area contributed by atoms with Gasteiger partial charge in [0.25, 0.3) is 0 Å². The van der Waals surface area contributed by atoms with E-state index in [1.54, 1.807) is 53.7 Å². The number of methoxy groups -OCH3 is 4. The topological polar surface area (TPSA) is 310 Å². The summed E-state index contributed by atoms with van der Waals surface area (Å²) in [5.74, 6) is -4.64. The Labute approximate surface area is 477 Å². The minimum atomic E-state index is -2.44. The van der Waals surface area contributed by atoms with Crippen molar-refractivity contribution in [2.75, 3.05) is 35.0 Å². The molecule has 24 atom stereocenters. The van der Waals surface area contributed by atoms with Gasteiger partial charge in [0.2, 0.25) is 5.79 Å². The van der Waals surface area contributed by atoms with E-state index in [1.807, 2.05) is 45.9 Å². The Morgan fingerprint density at radius 3 is 1.98 bits per heavy atom. The minimum Gasteiger partial charge on any atom is -0.497 e. The second kappa shape index (κ2) is 29.4. The van der Waals surface area contributed by atoms with E-state index in [9.17, 15) is 50.8 Å².